The SMILES string of the molecule is CCOc1ccc(S(=O)(=O)N2CCN(c3cc(N(C)C)cnn3)CC2)cc1F. The lowest BCUT2D eigenvalue weighted by atomic mass is 10.3. The van der Waals surface area contributed by atoms with Crippen molar-refractivity contribution in [2.45, 2.75) is 11.8 Å². The highest BCUT2D eigenvalue weighted by atomic mass is 32.2. The molecule has 2 aromatic rings. The number of nitrogens with zero attached hydrogens (tertiary/aromatic N) is 5. The summed E-state index contributed by atoms with van der Waals surface area (Å²) in [5.41, 5.74) is 0.921. The van der Waals surface area contributed by atoms with Gasteiger partial charge < -0.3 is 14.5 Å². The highest BCUT2D eigenvalue weighted by Crippen LogP contribution is 2.25. The summed E-state index contributed by atoms with van der Waals surface area (Å²) >= 11 is 0. The van der Waals surface area contributed by atoms with Gasteiger partial charge in [-0.25, -0.2) is 12.8 Å². The van der Waals surface area contributed by atoms with Crippen LogP contribution in [-0.2, 0) is 10.0 Å². The number of anilines is 2. The first kappa shape index (κ1) is 20.3. The first-order valence-corrected chi connectivity index (χ1v) is 10.4. The zero-order chi connectivity index (χ0) is 20.3. The Morgan fingerprint density at radius 1 is 1.18 bits per heavy atom. The topological polar surface area (TPSA) is 78.9 Å². The molecule has 0 saturated carbocycles. The highest BCUT2D eigenvalue weighted by molar-refractivity contribution is 7.89. The van der Waals surface area contributed by atoms with Gasteiger partial charge in [0.25, 0.3) is 0 Å². The third kappa shape index (κ3) is 4.17. The van der Waals surface area contributed by atoms with Crippen molar-refractivity contribution in [2.75, 3.05) is 56.7 Å². The van der Waals surface area contributed by atoms with Crippen molar-refractivity contribution in [1.29, 1.82) is 0 Å². The minimum Gasteiger partial charge on any atom is -0.491 e. The minimum absolute atomic E-state index is 0.0469. The summed E-state index contributed by atoms with van der Waals surface area (Å²) in [7, 11) is 0.0592. The van der Waals surface area contributed by atoms with E-state index in [1.165, 1.54) is 16.4 Å². The van der Waals surface area contributed by atoms with E-state index in [1.54, 1.807) is 13.1 Å². The number of hydrogen-bond acceptors (Lipinski definition) is 7. The second-order valence-corrected chi connectivity index (χ2v) is 8.52. The quantitative estimate of drug-likeness (QED) is 0.717. The fourth-order valence-electron chi connectivity index (χ4n) is 2.97. The molecule has 1 aliphatic heterocycles. The summed E-state index contributed by atoms with van der Waals surface area (Å²) in [5, 5.41) is 8.16. The molecule has 3 rings (SSSR count). The van der Waals surface area contributed by atoms with Gasteiger partial charge in [-0.2, -0.15) is 9.40 Å². The van der Waals surface area contributed by atoms with E-state index in [4.69, 9.17) is 4.74 Å². The van der Waals surface area contributed by atoms with Crippen LogP contribution in [0.15, 0.2) is 35.4 Å². The number of halogens is 1. The van der Waals surface area contributed by atoms with Gasteiger partial charge in [0.1, 0.15) is 0 Å². The molecule has 1 aromatic carbocycles. The van der Waals surface area contributed by atoms with E-state index in [2.05, 4.69) is 10.2 Å². The number of aromatic nitrogens is 2. The fourth-order valence-corrected chi connectivity index (χ4v) is 4.40. The van der Waals surface area contributed by atoms with Gasteiger partial charge >= 0.3 is 0 Å². The molecule has 1 saturated heterocycles. The van der Waals surface area contributed by atoms with Crippen molar-refractivity contribution in [3.8, 4) is 5.75 Å². The lowest BCUT2D eigenvalue weighted by Crippen LogP contribution is -2.49. The molecule has 0 unspecified atom stereocenters. The Hall–Kier alpha value is -2.46. The molecule has 1 aromatic heterocycles. The van der Waals surface area contributed by atoms with Crippen LogP contribution in [0.1, 0.15) is 6.92 Å². The Labute approximate surface area is 164 Å². The van der Waals surface area contributed by atoms with E-state index in [9.17, 15) is 12.8 Å². The van der Waals surface area contributed by atoms with Crippen molar-refractivity contribution in [3.05, 3.63) is 36.3 Å². The van der Waals surface area contributed by atoms with E-state index < -0.39 is 15.8 Å². The predicted molar refractivity (Wildman–Crippen MR) is 105 cm³/mol. The molecule has 0 N–H and O–H groups in total. The molecule has 0 bridgehead atoms. The Kier molecular flexibility index (Phi) is 5.99. The standard InChI is InChI=1S/C18H24FN5O3S/c1-4-27-17-6-5-15(12-16(17)19)28(25,26)24-9-7-23(8-10-24)18-11-14(22(2)3)13-20-21-18/h5-6,11-13H,4,7-10H2,1-3H3. The van der Waals surface area contributed by atoms with Gasteiger partial charge in [0.2, 0.25) is 10.0 Å². The number of piperazine rings is 1. The molecule has 0 spiro atoms. The van der Waals surface area contributed by atoms with Crippen LogP contribution in [0.25, 0.3) is 0 Å². The highest BCUT2D eigenvalue weighted by Gasteiger charge is 2.30. The summed E-state index contributed by atoms with van der Waals surface area (Å²) < 4.78 is 46.3. The molecular weight excluding hydrogens is 385 g/mol. The lowest BCUT2D eigenvalue weighted by Gasteiger charge is -2.34. The maximum absolute atomic E-state index is 14.1. The normalized spacial score (nSPS) is 15.5. The van der Waals surface area contributed by atoms with Crippen LogP contribution in [0.4, 0.5) is 15.9 Å². The zero-order valence-electron chi connectivity index (χ0n) is 16.2. The van der Waals surface area contributed by atoms with E-state index in [0.717, 1.165) is 11.8 Å². The maximum atomic E-state index is 14.1. The van der Waals surface area contributed by atoms with Crippen molar-refractivity contribution < 1.29 is 17.5 Å². The van der Waals surface area contributed by atoms with Crippen LogP contribution in [0, 0.1) is 5.82 Å². The monoisotopic (exact) mass is 409 g/mol. The summed E-state index contributed by atoms with van der Waals surface area (Å²) in [6, 6.07) is 5.66. The van der Waals surface area contributed by atoms with Gasteiger partial charge in [-0.3, -0.25) is 0 Å². The Morgan fingerprint density at radius 3 is 2.50 bits per heavy atom. The predicted octanol–water partition coefficient (Wildman–Crippen LogP) is 1.59. The number of ether oxygens (including phenoxy) is 1. The van der Waals surface area contributed by atoms with Crippen molar-refractivity contribution in [2.24, 2.45) is 0 Å². The molecule has 0 aliphatic carbocycles. The first-order chi connectivity index (χ1) is 13.3. The van der Waals surface area contributed by atoms with Crippen LogP contribution in [0.5, 0.6) is 5.75 Å². The van der Waals surface area contributed by atoms with E-state index >= 15 is 0 Å². The molecule has 152 valence electrons. The van der Waals surface area contributed by atoms with Crippen LogP contribution in [-0.4, -0.2) is 69.8 Å². The molecule has 0 radical (unpaired) electrons. The van der Waals surface area contributed by atoms with Crippen LogP contribution >= 0.6 is 0 Å². The molecule has 0 amide bonds. The van der Waals surface area contributed by atoms with Gasteiger partial charge in [-0.05, 0) is 25.1 Å². The first-order valence-electron chi connectivity index (χ1n) is 9.00. The van der Waals surface area contributed by atoms with Gasteiger partial charge in [-0.15, -0.1) is 5.10 Å². The van der Waals surface area contributed by atoms with E-state index in [0.29, 0.717) is 25.5 Å². The Bertz CT molecular complexity index is 931. The van der Waals surface area contributed by atoms with E-state index in [-0.39, 0.29) is 23.7 Å². The number of benzene rings is 1. The van der Waals surface area contributed by atoms with Gasteiger partial charge in [0.05, 0.1) is 23.4 Å². The largest absolute Gasteiger partial charge is 0.491 e. The average molecular weight is 409 g/mol. The molecule has 10 heteroatoms. The average Bonchev–Trinajstić information content (AvgIpc) is 2.70. The summed E-state index contributed by atoms with van der Waals surface area (Å²) in [6.45, 7) is 3.57. The van der Waals surface area contributed by atoms with Crippen LogP contribution in [0.2, 0.25) is 0 Å². The number of sulfonamides is 1. The summed E-state index contributed by atoms with van der Waals surface area (Å²) in [6.07, 6.45) is 1.67. The third-order valence-corrected chi connectivity index (χ3v) is 6.44. The van der Waals surface area contributed by atoms with Gasteiger partial charge in [-0.1, -0.05) is 0 Å². The molecule has 28 heavy (non-hydrogen) atoms. The fraction of sp³-hybridized carbons (Fsp3) is 0.444. The molecule has 1 aliphatic rings. The smallest absolute Gasteiger partial charge is 0.243 e. The van der Waals surface area contributed by atoms with Gasteiger partial charge in [0, 0.05) is 46.3 Å². The summed E-state index contributed by atoms with van der Waals surface area (Å²) in [5.74, 6) is 0.0679. The molecule has 0 atom stereocenters. The van der Waals surface area contributed by atoms with Crippen LogP contribution in [0.3, 0.4) is 0 Å². The lowest BCUT2D eigenvalue weighted by molar-refractivity contribution is 0.321. The van der Waals surface area contributed by atoms with Crippen LogP contribution < -0.4 is 14.5 Å². The van der Waals surface area contributed by atoms with E-state index in [1.807, 2.05) is 30.0 Å². The Balaban J connectivity index is 1.72. The number of rotatable bonds is 6. The zero-order valence-corrected chi connectivity index (χ0v) is 17.0. The summed E-state index contributed by atoms with van der Waals surface area (Å²) in [4.78, 5) is 3.85. The number of hydrogen-bond donors (Lipinski definition) is 0. The van der Waals surface area contributed by atoms with Crippen molar-refractivity contribution in [1.82, 2.24) is 14.5 Å². The molecule has 2 heterocycles. The van der Waals surface area contributed by atoms with Crippen molar-refractivity contribution >= 4 is 21.5 Å². The third-order valence-electron chi connectivity index (χ3n) is 4.55. The molecular formula is C18H24FN5O3S. The molecule has 1 fully saturated rings. The molecule has 8 nitrogen and oxygen atoms in total. The van der Waals surface area contributed by atoms with Gasteiger partial charge in [0.15, 0.2) is 17.4 Å². The second-order valence-electron chi connectivity index (χ2n) is 6.58. The second kappa shape index (κ2) is 8.27. The van der Waals surface area contributed by atoms with Crippen molar-refractivity contribution in [3.63, 3.8) is 0 Å². The minimum atomic E-state index is -3.78. The Morgan fingerprint density at radius 2 is 1.89 bits per heavy atom. The maximum Gasteiger partial charge on any atom is 0.243 e.